The lowest BCUT2D eigenvalue weighted by Gasteiger charge is -1.82. The van der Waals surface area contributed by atoms with E-state index in [-0.39, 0.29) is 0 Å². The van der Waals surface area contributed by atoms with Crippen LogP contribution in [0.15, 0.2) is 0 Å². The van der Waals surface area contributed by atoms with Crippen molar-refractivity contribution in [3.05, 3.63) is 10.1 Å². The Hall–Kier alpha value is -0.180. The Morgan fingerprint density at radius 2 is 2.00 bits per heavy atom. The van der Waals surface area contributed by atoms with Gasteiger partial charge in [-0.3, -0.25) is 19.2 Å². The predicted molar refractivity (Wildman–Crippen MR) is 29.2 cm³/mol. The summed E-state index contributed by atoms with van der Waals surface area (Å²) in [4.78, 5) is 9.31. The van der Waals surface area contributed by atoms with Gasteiger partial charge in [0.05, 0.1) is 4.33 Å². The largest absolute Gasteiger partial charge is 0.285 e. The Kier molecular flexibility index (Phi) is 2.34. The van der Waals surface area contributed by atoms with Gasteiger partial charge < -0.3 is 0 Å². The second kappa shape index (κ2) is 2.40. The lowest BCUT2D eigenvalue weighted by Crippen LogP contribution is -2.00. The van der Waals surface area contributed by atoms with E-state index in [0.717, 1.165) is 0 Å². The van der Waals surface area contributed by atoms with Crippen molar-refractivity contribution in [2.45, 2.75) is 0 Å². The van der Waals surface area contributed by atoms with Crippen LogP contribution in [0.2, 0.25) is 0 Å². The van der Waals surface area contributed by atoms with Gasteiger partial charge in [0.15, 0.2) is 0 Å². The number of nitrogens with zero attached hydrogens (tertiary/aromatic N) is 1. The van der Waals surface area contributed by atoms with Gasteiger partial charge >= 0.3 is 0 Å². The summed E-state index contributed by atoms with van der Waals surface area (Å²) in [5, 5.41) is 9.31. The number of hydrogen-bond acceptors (Lipinski definition) is 3. The van der Waals surface area contributed by atoms with E-state index in [9.17, 15) is 14.3 Å². The molecule has 0 saturated carbocycles. The van der Waals surface area contributed by atoms with Crippen LogP contribution < -0.4 is 0 Å². The van der Waals surface area contributed by atoms with Crippen LogP contribution in [0.1, 0.15) is 0 Å². The van der Waals surface area contributed by atoms with Crippen LogP contribution in [-0.2, 0) is 19.6 Å². The first-order valence-electron chi connectivity index (χ1n) is 1.28. The minimum atomic E-state index is -4.20. The maximum atomic E-state index is 9.65. The Labute approximate surface area is 48.1 Å². The third kappa shape index (κ3) is 5.82. The van der Waals surface area contributed by atoms with Gasteiger partial charge in [0.1, 0.15) is 0 Å². The number of thiol groups is 1. The van der Waals surface area contributed by atoms with E-state index in [0.29, 0.717) is 0 Å². The highest BCUT2D eigenvalue weighted by Crippen LogP contribution is 1.76. The average Bonchev–Trinajstić information content (AvgIpc) is 1.21. The number of hydrogen-bond donors (Lipinski definition) is 3. The fourth-order valence-corrected chi connectivity index (χ4v) is 0.782. The van der Waals surface area contributed by atoms with Gasteiger partial charge in [-0.05, 0) is 0 Å². The molecule has 0 fully saturated rings. The number of nitro groups is 1. The molecule has 0 unspecified atom stereocenters. The van der Waals surface area contributed by atoms with Gasteiger partial charge in [-0.2, -0.15) is 4.21 Å². The number of rotatable bonds is 1. The van der Waals surface area contributed by atoms with Gasteiger partial charge in [0.25, 0.3) is 9.05 Å². The molecular formula is H3NO5S2. The van der Waals surface area contributed by atoms with Crippen LogP contribution in [0.3, 0.4) is 0 Å². The maximum absolute atomic E-state index is 9.65. The molecule has 0 aliphatic rings. The third-order valence-corrected chi connectivity index (χ3v) is 1.56. The molecule has 0 aromatic rings. The molecule has 0 bridgehead atoms. The van der Waals surface area contributed by atoms with E-state index in [2.05, 4.69) is 0 Å². The van der Waals surface area contributed by atoms with Crippen molar-refractivity contribution in [2.24, 2.45) is 0 Å². The second-order valence-corrected chi connectivity index (χ2v) is 4.13. The van der Waals surface area contributed by atoms with Gasteiger partial charge in [0, 0.05) is 0 Å². The summed E-state index contributed by atoms with van der Waals surface area (Å²) >= 11 is 0. The van der Waals surface area contributed by atoms with Crippen LogP contribution in [0.25, 0.3) is 0 Å². The predicted octanol–water partition coefficient (Wildman–Crippen LogP) is -0.862. The summed E-state index contributed by atoms with van der Waals surface area (Å²) in [7, 11) is -5.28. The highest BCUT2D eigenvalue weighted by Gasteiger charge is 1.97. The standard InChI is InChI=1S/H3NO5S2/c2-1(3)7-8(4,5)6/h7H,(H2,4,5,6). The zero-order valence-electron chi connectivity index (χ0n) is 3.42. The molecule has 6 nitrogen and oxygen atoms in total. The van der Waals surface area contributed by atoms with Crippen molar-refractivity contribution in [1.82, 2.24) is 0 Å². The van der Waals surface area contributed by atoms with Crippen molar-refractivity contribution >= 4 is 19.6 Å². The fourth-order valence-electron chi connectivity index (χ4n) is 0.0868. The second-order valence-electron chi connectivity index (χ2n) is 0.788. The molecule has 0 heterocycles. The monoisotopic (exact) mass is 161 g/mol. The van der Waals surface area contributed by atoms with Crippen LogP contribution in [-0.4, -0.2) is 17.6 Å². The lowest BCUT2D eigenvalue weighted by molar-refractivity contribution is -0.283. The summed E-state index contributed by atoms with van der Waals surface area (Å²) in [6.07, 6.45) is 0. The third-order valence-electron chi connectivity index (χ3n) is 0.173. The Balaban J connectivity index is 4.44. The molecule has 0 saturated heterocycles. The minimum Gasteiger partial charge on any atom is -0.285 e. The summed E-state index contributed by atoms with van der Waals surface area (Å²) in [5.41, 5.74) is 0. The van der Waals surface area contributed by atoms with E-state index in [1.807, 2.05) is 0 Å². The summed E-state index contributed by atoms with van der Waals surface area (Å²) in [5.74, 6) is 0. The van der Waals surface area contributed by atoms with Crippen LogP contribution in [0, 0.1) is 10.1 Å². The first-order chi connectivity index (χ1) is 3.42. The lowest BCUT2D eigenvalue weighted by atomic mass is 13.4. The van der Waals surface area contributed by atoms with Crippen molar-refractivity contribution in [3.8, 4) is 0 Å². The minimum absolute atomic E-state index is 1.08. The van der Waals surface area contributed by atoms with E-state index < -0.39 is 23.9 Å². The topological polar surface area (TPSA) is 101 Å². The molecular weight excluding hydrogens is 158 g/mol. The van der Waals surface area contributed by atoms with Gasteiger partial charge in [-0.25, -0.2) is 0 Å². The zero-order valence-corrected chi connectivity index (χ0v) is 5.13. The average molecular weight is 161 g/mol. The molecule has 8 heteroatoms. The first-order valence-corrected chi connectivity index (χ1v) is 4.20. The SMILES string of the molecule is O=[N+]([O-])[SH]=S(=O)(O)O. The highest BCUT2D eigenvalue weighted by atomic mass is 32.9. The molecule has 50 valence electrons. The Morgan fingerprint density at radius 3 is 2.00 bits per heavy atom. The van der Waals surface area contributed by atoms with Crippen LogP contribution in [0.4, 0.5) is 0 Å². The van der Waals surface area contributed by atoms with E-state index in [1.54, 1.807) is 0 Å². The first kappa shape index (κ1) is 7.82. The normalized spacial score (nSPS) is 11.2. The summed E-state index contributed by atoms with van der Waals surface area (Å²) in [6.45, 7) is 0. The van der Waals surface area contributed by atoms with E-state index in [1.165, 1.54) is 0 Å². The van der Waals surface area contributed by atoms with Crippen molar-refractivity contribution in [1.29, 1.82) is 0 Å². The molecule has 0 aromatic carbocycles. The van der Waals surface area contributed by atoms with E-state index in [4.69, 9.17) is 9.11 Å². The Bertz CT molecular complexity index is 188. The molecule has 0 spiro atoms. The molecule has 0 atom stereocenters. The molecule has 0 radical (unpaired) electrons. The van der Waals surface area contributed by atoms with Crippen LogP contribution in [0.5, 0.6) is 0 Å². The van der Waals surface area contributed by atoms with Crippen LogP contribution >= 0.6 is 0 Å². The maximum Gasteiger partial charge on any atom is 0.285 e. The van der Waals surface area contributed by atoms with Gasteiger partial charge in [-0.15, -0.1) is 0 Å². The molecule has 8 heavy (non-hydrogen) atoms. The molecule has 0 aliphatic heterocycles. The molecule has 0 aromatic heterocycles. The quantitative estimate of drug-likeness (QED) is 0.264. The Morgan fingerprint density at radius 1 is 1.62 bits per heavy atom. The summed E-state index contributed by atoms with van der Waals surface area (Å²) < 4.78 is 24.2. The molecule has 0 rings (SSSR count). The van der Waals surface area contributed by atoms with Crippen molar-refractivity contribution < 1.29 is 17.6 Å². The summed E-state index contributed by atoms with van der Waals surface area (Å²) in [6, 6.07) is 0. The smallest absolute Gasteiger partial charge is 0.285 e. The van der Waals surface area contributed by atoms with E-state index >= 15 is 0 Å². The highest BCUT2D eigenvalue weighted by molar-refractivity contribution is 8.31. The molecule has 0 aliphatic carbocycles. The molecule has 0 amide bonds. The van der Waals surface area contributed by atoms with Crippen molar-refractivity contribution in [3.63, 3.8) is 0 Å². The molecule has 2 N–H and O–H groups in total. The van der Waals surface area contributed by atoms with Gasteiger partial charge in [0.2, 0.25) is 10.5 Å². The fraction of sp³-hybridized carbons (Fsp3) is 0. The zero-order chi connectivity index (χ0) is 6.78. The van der Waals surface area contributed by atoms with Crippen molar-refractivity contribution in [2.75, 3.05) is 0 Å². The van der Waals surface area contributed by atoms with Gasteiger partial charge in [-0.1, -0.05) is 0 Å².